The van der Waals surface area contributed by atoms with Gasteiger partial charge in [0.15, 0.2) is 0 Å². The van der Waals surface area contributed by atoms with Crippen LogP contribution in [0.1, 0.15) is 12.5 Å². The molecule has 0 N–H and O–H groups in total. The van der Waals surface area contributed by atoms with Gasteiger partial charge in [0.25, 0.3) is 0 Å². The largest absolute Gasteiger partial charge is 0.519 e. The molecule has 0 fully saturated rings. The van der Waals surface area contributed by atoms with Gasteiger partial charge in [-0.3, -0.25) is 0 Å². The van der Waals surface area contributed by atoms with E-state index in [2.05, 4.69) is 6.92 Å². The normalized spacial score (nSPS) is 10.0. The zero-order chi connectivity index (χ0) is 13.7. The van der Waals surface area contributed by atoms with E-state index in [9.17, 15) is 4.79 Å². The molecule has 0 aliphatic carbocycles. The molecule has 2 aromatic carbocycles. The first-order chi connectivity index (χ1) is 9.17. The van der Waals surface area contributed by atoms with Crippen LogP contribution >= 0.6 is 11.6 Å². The number of ether oxygens (including phenoxy) is 2. The van der Waals surface area contributed by atoms with Crippen LogP contribution in [0.5, 0.6) is 11.5 Å². The first-order valence-corrected chi connectivity index (χ1v) is 6.29. The summed E-state index contributed by atoms with van der Waals surface area (Å²) in [6, 6.07) is 13.8. The Balaban J connectivity index is 1.95. The maximum Gasteiger partial charge on any atom is 0.519 e. The Morgan fingerprint density at radius 1 is 0.947 bits per heavy atom. The van der Waals surface area contributed by atoms with Gasteiger partial charge in [0.2, 0.25) is 0 Å². The number of carbonyl (C=O) groups excluding carboxylic acids is 1. The minimum absolute atomic E-state index is 0.388. The van der Waals surface area contributed by atoms with E-state index in [0.29, 0.717) is 16.5 Å². The molecule has 0 saturated heterocycles. The number of carbonyl (C=O) groups is 1. The van der Waals surface area contributed by atoms with Gasteiger partial charge in [-0.15, -0.1) is 0 Å². The minimum Gasteiger partial charge on any atom is -0.395 e. The first kappa shape index (κ1) is 13.4. The van der Waals surface area contributed by atoms with Crippen molar-refractivity contribution in [2.75, 3.05) is 0 Å². The SMILES string of the molecule is CCc1ccc(OC(=O)Oc2ccc(Cl)cc2)cc1. The Morgan fingerprint density at radius 2 is 1.42 bits per heavy atom. The zero-order valence-corrected chi connectivity index (χ0v) is 11.2. The van der Waals surface area contributed by atoms with Crippen molar-refractivity contribution in [3.05, 3.63) is 59.1 Å². The molecule has 0 saturated carbocycles. The fourth-order valence-electron chi connectivity index (χ4n) is 1.51. The molecule has 0 aliphatic rings. The summed E-state index contributed by atoms with van der Waals surface area (Å²) in [7, 11) is 0. The van der Waals surface area contributed by atoms with E-state index in [-0.39, 0.29) is 0 Å². The van der Waals surface area contributed by atoms with Crippen LogP contribution < -0.4 is 9.47 Å². The molecule has 0 heterocycles. The van der Waals surface area contributed by atoms with Crippen molar-refractivity contribution in [3.63, 3.8) is 0 Å². The van der Waals surface area contributed by atoms with Gasteiger partial charge < -0.3 is 9.47 Å². The highest BCUT2D eigenvalue weighted by molar-refractivity contribution is 6.30. The van der Waals surface area contributed by atoms with Crippen molar-refractivity contribution in [1.82, 2.24) is 0 Å². The molecule has 4 heteroatoms. The second-order valence-corrected chi connectivity index (χ2v) is 4.34. The smallest absolute Gasteiger partial charge is 0.395 e. The van der Waals surface area contributed by atoms with Crippen molar-refractivity contribution >= 4 is 17.8 Å². The molecule has 0 aromatic heterocycles. The third-order valence-corrected chi connectivity index (χ3v) is 2.80. The highest BCUT2D eigenvalue weighted by Crippen LogP contribution is 2.17. The first-order valence-electron chi connectivity index (χ1n) is 5.91. The topological polar surface area (TPSA) is 35.5 Å². The number of halogens is 1. The lowest BCUT2D eigenvalue weighted by molar-refractivity contribution is 0.152. The van der Waals surface area contributed by atoms with Gasteiger partial charge >= 0.3 is 6.16 Å². The van der Waals surface area contributed by atoms with E-state index in [1.807, 2.05) is 12.1 Å². The van der Waals surface area contributed by atoms with Gasteiger partial charge in [-0.1, -0.05) is 30.7 Å². The van der Waals surface area contributed by atoms with E-state index < -0.39 is 6.16 Å². The van der Waals surface area contributed by atoms with E-state index in [4.69, 9.17) is 21.1 Å². The lowest BCUT2D eigenvalue weighted by atomic mass is 10.2. The Bertz CT molecular complexity index is 547. The highest BCUT2D eigenvalue weighted by atomic mass is 35.5. The van der Waals surface area contributed by atoms with E-state index in [1.54, 1.807) is 36.4 Å². The van der Waals surface area contributed by atoms with Crippen molar-refractivity contribution in [2.24, 2.45) is 0 Å². The summed E-state index contributed by atoms with van der Waals surface area (Å²) in [5.74, 6) is 0.843. The highest BCUT2D eigenvalue weighted by Gasteiger charge is 2.07. The fourth-order valence-corrected chi connectivity index (χ4v) is 1.64. The Labute approximate surface area is 116 Å². The van der Waals surface area contributed by atoms with Crippen LogP contribution in [0.4, 0.5) is 4.79 Å². The van der Waals surface area contributed by atoms with Gasteiger partial charge in [0, 0.05) is 5.02 Å². The van der Waals surface area contributed by atoms with Gasteiger partial charge in [-0.05, 0) is 48.4 Å². The molecule has 19 heavy (non-hydrogen) atoms. The van der Waals surface area contributed by atoms with E-state index >= 15 is 0 Å². The average molecular weight is 277 g/mol. The lowest BCUT2D eigenvalue weighted by Gasteiger charge is -2.06. The summed E-state index contributed by atoms with van der Waals surface area (Å²) in [4.78, 5) is 11.5. The van der Waals surface area contributed by atoms with Gasteiger partial charge in [0.1, 0.15) is 11.5 Å². The van der Waals surface area contributed by atoms with Gasteiger partial charge in [-0.25, -0.2) is 4.79 Å². The van der Waals surface area contributed by atoms with Gasteiger partial charge in [-0.2, -0.15) is 0 Å². The number of hydrogen-bond donors (Lipinski definition) is 0. The fraction of sp³-hybridized carbons (Fsp3) is 0.133. The van der Waals surface area contributed by atoms with Crippen LogP contribution in [0, 0.1) is 0 Å². The number of hydrogen-bond acceptors (Lipinski definition) is 3. The molecule has 0 radical (unpaired) electrons. The second kappa shape index (κ2) is 6.25. The summed E-state index contributed by atoms with van der Waals surface area (Å²) in [6.45, 7) is 2.06. The average Bonchev–Trinajstić information content (AvgIpc) is 2.42. The van der Waals surface area contributed by atoms with Crippen molar-refractivity contribution in [1.29, 1.82) is 0 Å². The maximum atomic E-state index is 11.5. The molecule has 98 valence electrons. The maximum absolute atomic E-state index is 11.5. The van der Waals surface area contributed by atoms with Crippen LogP contribution in [0.25, 0.3) is 0 Å². The Hall–Kier alpha value is -2.00. The summed E-state index contributed by atoms with van der Waals surface area (Å²) in [5, 5.41) is 0.580. The summed E-state index contributed by atoms with van der Waals surface area (Å²) < 4.78 is 10.1. The molecule has 0 unspecified atom stereocenters. The molecule has 0 spiro atoms. The monoisotopic (exact) mass is 276 g/mol. The second-order valence-electron chi connectivity index (χ2n) is 3.91. The standard InChI is InChI=1S/C15H13ClO3/c1-2-11-3-7-13(8-4-11)18-15(17)19-14-9-5-12(16)6-10-14/h3-10H,2H2,1H3. The summed E-state index contributed by atoms with van der Waals surface area (Å²) >= 11 is 5.73. The molecule has 0 atom stereocenters. The van der Waals surface area contributed by atoms with Crippen LogP contribution in [-0.2, 0) is 6.42 Å². The zero-order valence-electron chi connectivity index (χ0n) is 10.4. The Morgan fingerprint density at radius 3 is 1.89 bits per heavy atom. The molecule has 0 aliphatic heterocycles. The van der Waals surface area contributed by atoms with Gasteiger partial charge in [0.05, 0.1) is 0 Å². The molecular weight excluding hydrogens is 264 g/mol. The van der Waals surface area contributed by atoms with Crippen molar-refractivity contribution in [2.45, 2.75) is 13.3 Å². The molecule has 0 amide bonds. The summed E-state index contributed by atoms with van der Waals surface area (Å²) in [5.41, 5.74) is 1.18. The van der Waals surface area contributed by atoms with E-state index in [1.165, 1.54) is 5.56 Å². The van der Waals surface area contributed by atoms with Crippen LogP contribution in [-0.4, -0.2) is 6.16 Å². The van der Waals surface area contributed by atoms with Crippen LogP contribution in [0.3, 0.4) is 0 Å². The molecular formula is C15H13ClO3. The molecule has 3 nitrogen and oxygen atoms in total. The Kier molecular flexibility index (Phi) is 4.42. The van der Waals surface area contributed by atoms with Crippen LogP contribution in [0.2, 0.25) is 5.02 Å². The number of aryl methyl sites for hydroxylation is 1. The molecule has 2 aromatic rings. The van der Waals surface area contributed by atoms with Crippen molar-refractivity contribution < 1.29 is 14.3 Å². The third kappa shape index (κ3) is 4.00. The predicted octanol–water partition coefficient (Wildman–Crippen LogP) is 4.48. The number of benzene rings is 2. The predicted molar refractivity (Wildman–Crippen MR) is 73.9 cm³/mol. The third-order valence-electron chi connectivity index (χ3n) is 2.55. The molecule has 2 rings (SSSR count). The molecule has 0 bridgehead atoms. The van der Waals surface area contributed by atoms with E-state index in [0.717, 1.165) is 6.42 Å². The van der Waals surface area contributed by atoms with Crippen molar-refractivity contribution in [3.8, 4) is 11.5 Å². The summed E-state index contributed by atoms with van der Waals surface area (Å²) in [6.07, 6.45) is 0.168. The lowest BCUT2D eigenvalue weighted by Crippen LogP contribution is -2.13. The quantitative estimate of drug-likeness (QED) is 0.612. The minimum atomic E-state index is -0.772. The van der Waals surface area contributed by atoms with Crippen LogP contribution in [0.15, 0.2) is 48.5 Å². The number of rotatable bonds is 3.